The van der Waals surface area contributed by atoms with Gasteiger partial charge >= 0.3 is 0 Å². The number of carbonyl (C=O) groups is 2. The van der Waals surface area contributed by atoms with E-state index in [4.69, 9.17) is 16.3 Å². The molecule has 1 aliphatic carbocycles. The van der Waals surface area contributed by atoms with E-state index in [1.165, 1.54) is 0 Å². The van der Waals surface area contributed by atoms with Crippen molar-refractivity contribution in [3.8, 4) is 0 Å². The fraction of sp³-hybridized carbons (Fsp3) is 0.400. The number of carbonyl (C=O) groups excluding carboxylic acids is 2. The van der Waals surface area contributed by atoms with Gasteiger partial charge in [0.1, 0.15) is 18.7 Å². The molecular weight excluding hydrogens is 204 g/mol. The molecule has 4 heteroatoms. The van der Waals surface area contributed by atoms with E-state index in [1.54, 1.807) is 6.26 Å². The van der Waals surface area contributed by atoms with Crippen LogP contribution in [0.15, 0.2) is 22.4 Å². The van der Waals surface area contributed by atoms with Gasteiger partial charge in [0.25, 0.3) is 0 Å². The molecular formula is C10H9ClO3. The topological polar surface area (TPSA) is 43.4 Å². The predicted octanol–water partition coefficient (Wildman–Crippen LogP) is 1.57. The van der Waals surface area contributed by atoms with E-state index >= 15 is 0 Å². The lowest BCUT2D eigenvalue weighted by Gasteiger charge is -2.20. The Kier molecular flexibility index (Phi) is 2.42. The van der Waals surface area contributed by atoms with Crippen molar-refractivity contribution in [2.24, 2.45) is 5.92 Å². The Morgan fingerprint density at radius 1 is 1.64 bits per heavy atom. The van der Waals surface area contributed by atoms with E-state index < -0.39 is 5.92 Å². The summed E-state index contributed by atoms with van der Waals surface area (Å²) in [6.45, 7) is 0.427. The SMILES string of the molecule is O=CCC1C(=O)CC2=COCC2=C1Cl. The summed E-state index contributed by atoms with van der Waals surface area (Å²) in [7, 11) is 0. The molecule has 0 fully saturated rings. The number of ketones is 1. The second kappa shape index (κ2) is 3.58. The van der Waals surface area contributed by atoms with Gasteiger partial charge in [-0.25, -0.2) is 0 Å². The Bertz CT molecular complexity index is 354. The molecule has 1 heterocycles. The molecule has 0 aromatic rings. The molecule has 0 aromatic heterocycles. The molecule has 0 bridgehead atoms. The maximum absolute atomic E-state index is 11.6. The van der Waals surface area contributed by atoms with Crippen molar-refractivity contribution in [2.75, 3.05) is 6.61 Å². The van der Waals surface area contributed by atoms with Crippen LogP contribution in [-0.4, -0.2) is 18.7 Å². The van der Waals surface area contributed by atoms with E-state index in [0.717, 1.165) is 17.4 Å². The molecule has 74 valence electrons. The zero-order valence-electron chi connectivity index (χ0n) is 7.46. The van der Waals surface area contributed by atoms with Gasteiger partial charge in [-0.15, -0.1) is 0 Å². The van der Waals surface area contributed by atoms with Gasteiger partial charge in [0.2, 0.25) is 0 Å². The van der Waals surface area contributed by atoms with Gasteiger partial charge in [-0.3, -0.25) is 4.79 Å². The molecule has 3 nitrogen and oxygen atoms in total. The van der Waals surface area contributed by atoms with Crippen molar-refractivity contribution in [3.05, 3.63) is 22.4 Å². The van der Waals surface area contributed by atoms with E-state index in [9.17, 15) is 9.59 Å². The number of fused-ring (bicyclic) bond motifs is 1. The highest BCUT2D eigenvalue weighted by molar-refractivity contribution is 6.32. The molecule has 0 saturated heterocycles. The summed E-state index contributed by atoms with van der Waals surface area (Å²) in [6, 6.07) is 0. The van der Waals surface area contributed by atoms with Crippen LogP contribution >= 0.6 is 11.6 Å². The highest BCUT2D eigenvalue weighted by Gasteiger charge is 2.33. The molecule has 1 atom stereocenters. The van der Waals surface area contributed by atoms with Crippen LogP contribution in [0.3, 0.4) is 0 Å². The monoisotopic (exact) mass is 212 g/mol. The molecule has 14 heavy (non-hydrogen) atoms. The predicted molar refractivity (Wildman–Crippen MR) is 50.7 cm³/mol. The highest BCUT2D eigenvalue weighted by Crippen LogP contribution is 2.38. The van der Waals surface area contributed by atoms with E-state index in [2.05, 4.69) is 0 Å². The van der Waals surface area contributed by atoms with Crippen molar-refractivity contribution in [2.45, 2.75) is 12.8 Å². The Morgan fingerprint density at radius 3 is 3.14 bits per heavy atom. The maximum atomic E-state index is 11.6. The molecule has 0 saturated carbocycles. The second-order valence-electron chi connectivity index (χ2n) is 3.38. The quantitative estimate of drug-likeness (QED) is 0.653. The van der Waals surface area contributed by atoms with E-state index in [1.807, 2.05) is 0 Å². The summed E-state index contributed by atoms with van der Waals surface area (Å²) in [5, 5.41) is 0.483. The van der Waals surface area contributed by atoms with Gasteiger partial charge in [-0.2, -0.15) is 0 Å². The van der Waals surface area contributed by atoms with Crippen LogP contribution in [0.1, 0.15) is 12.8 Å². The molecule has 2 aliphatic rings. The first kappa shape index (κ1) is 9.46. The third kappa shape index (κ3) is 1.38. The lowest BCUT2D eigenvalue weighted by atomic mass is 9.85. The number of ether oxygens (including phenoxy) is 1. The van der Waals surface area contributed by atoms with Crippen LogP contribution in [0.4, 0.5) is 0 Å². The third-order valence-electron chi connectivity index (χ3n) is 2.52. The first-order valence-corrected chi connectivity index (χ1v) is 4.77. The Labute approximate surface area is 86.4 Å². The molecule has 1 unspecified atom stereocenters. The Morgan fingerprint density at radius 2 is 2.43 bits per heavy atom. The van der Waals surface area contributed by atoms with E-state index in [-0.39, 0.29) is 12.2 Å². The fourth-order valence-corrected chi connectivity index (χ4v) is 2.14. The van der Waals surface area contributed by atoms with Gasteiger partial charge in [0.15, 0.2) is 0 Å². The van der Waals surface area contributed by atoms with Gasteiger partial charge in [-0.1, -0.05) is 11.6 Å². The zero-order chi connectivity index (χ0) is 10.1. The highest BCUT2D eigenvalue weighted by atomic mass is 35.5. The van der Waals surface area contributed by atoms with Gasteiger partial charge < -0.3 is 9.53 Å². The fourth-order valence-electron chi connectivity index (χ4n) is 1.75. The van der Waals surface area contributed by atoms with Crippen molar-refractivity contribution in [1.82, 2.24) is 0 Å². The molecule has 0 aromatic carbocycles. The molecule has 0 N–H and O–H groups in total. The lowest BCUT2D eigenvalue weighted by Crippen LogP contribution is -2.22. The van der Waals surface area contributed by atoms with Crippen LogP contribution in [0, 0.1) is 5.92 Å². The summed E-state index contributed by atoms with van der Waals surface area (Å²) in [4.78, 5) is 21.9. The molecule has 1 aliphatic heterocycles. The standard InChI is InChI=1S/C10H9ClO3/c11-10-7(1-2-12)9(13)3-6-4-14-5-8(6)10/h2,4,7H,1,3,5H2. The number of hydrogen-bond acceptors (Lipinski definition) is 3. The van der Waals surface area contributed by atoms with Crippen LogP contribution in [-0.2, 0) is 14.3 Å². The number of aldehydes is 1. The zero-order valence-corrected chi connectivity index (χ0v) is 8.21. The van der Waals surface area contributed by atoms with Crippen LogP contribution in [0.2, 0.25) is 0 Å². The van der Waals surface area contributed by atoms with Crippen molar-refractivity contribution >= 4 is 23.7 Å². The first-order valence-electron chi connectivity index (χ1n) is 4.40. The average molecular weight is 213 g/mol. The third-order valence-corrected chi connectivity index (χ3v) is 3.01. The molecule has 2 rings (SSSR count). The average Bonchev–Trinajstić information content (AvgIpc) is 2.60. The largest absolute Gasteiger partial charge is 0.496 e. The van der Waals surface area contributed by atoms with Gasteiger partial charge in [-0.05, 0) is 0 Å². The van der Waals surface area contributed by atoms with Crippen molar-refractivity contribution in [3.63, 3.8) is 0 Å². The molecule has 0 amide bonds. The number of rotatable bonds is 2. The lowest BCUT2D eigenvalue weighted by molar-refractivity contribution is -0.123. The molecule has 0 spiro atoms. The number of hydrogen-bond donors (Lipinski definition) is 0. The van der Waals surface area contributed by atoms with E-state index in [0.29, 0.717) is 18.1 Å². The van der Waals surface area contributed by atoms with Gasteiger partial charge in [0.05, 0.1) is 12.2 Å². The Balaban J connectivity index is 2.36. The minimum atomic E-state index is -0.442. The first-order chi connectivity index (χ1) is 6.74. The van der Waals surface area contributed by atoms with Crippen molar-refractivity contribution < 1.29 is 14.3 Å². The van der Waals surface area contributed by atoms with Crippen LogP contribution < -0.4 is 0 Å². The summed E-state index contributed by atoms with van der Waals surface area (Å²) in [6.07, 6.45) is 2.82. The Hall–Kier alpha value is -1.09. The number of Topliss-reactive ketones (excluding diaryl/α,β-unsaturated/α-hetero) is 1. The minimum Gasteiger partial charge on any atom is -0.496 e. The van der Waals surface area contributed by atoms with Crippen LogP contribution in [0.25, 0.3) is 0 Å². The minimum absolute atomic E-state index is 0.00241. The number of allylic oxidation sites excluding steroid dienone is 1. The number of halogens is 1. The summed E-state index contributed by atoms with van der Waals surface area (Å²) >= 11 is 6.04. The van der Waals surface area contributed by atoms with Gasteiger partial charge in [0, 0.05) is 29.0 Å². The molecule has 0 radical (unpaired) electrons. The maximum Gasteiger partial charge on any atom is 0.146 e. The summed E-state index contributed by atoms with van der Waals surface area (Å²) < 4.78 is 5.09. The van der Waals surface area contributed by atoms with Crippen molar-refractivity contribution in [1.29, 1.82) is 0 Å². The summed E-state index contributed by atoms with van der Waals surface area (Å²) in [5.41, 5.74) is 1.75. The smallest absolute Gasteiger partial charge is 0.146 e. The second-order valence-corrected chi connectivity index (χ2v) is 3.79. The summed E-state index contributed by atoms with van der Waals surface area (Å²) in [5.74, 6) is -0.439. The normalized spacial score (nSPS) is 25.6. The van der Waals surface area contributed by atoms with Crippen LogP contribution in [0.5, 0.6) is 0 Å².